The van der Waals surface area contributed by atoms with Crippen LogP contribution in [-0.4, -0.2) is 23.3 Å². The largest absolute Gasteiger partial charge is 0.350 e. The number of hydrogen-bond acceptors (Lipinski definition) is 2. The molecule has 0 aliphatic carbocycles. The van der Waals surface area contributed by atoms with Gasteiger partial charge in [-0.25, -0.2) is 4.39 Å². The molecule has 2 aromatic carbocycles. The van der Waals surface area contributed by atoms with Gasteiger partial charge in [-0.1, -0.05) is 6.92 Å². The van der Waals surface area contributed by atoms with E-state index < -0.39 is 0 Å². The summed E-state index contributed by atoms with van der Waals surface area (Å²) in [4.78, 5) is 27.7. The Morgan fingerprint density at radius 2 is 1.96 bits per heavy atom. The van der Waals surface area contributed by atoms with Gasteiger partial charge in [0, 0.05) is 34.6 Å². The van der Waals surface area contributed by atoms with Gasteiger partial charge in [0.1, 0.15) is 11.5 Å². The molecule has 1 unspecified atom stereocenters. The van der Waals surface area contributed by atoms with Crippen LogP contribution in [0.4, 0.5) is 10.1 Å². The van der Waals surface area contributed by atoms with Crippen LogP contribution in [0, 0.1) is 5.82 Å². The van der Waals surface area contributed by atoms with Gasteiger partial charge in [-0.3, -0.25) is 9.59 Å². The average molecular weight is 337 g/mol. The average Bonchev–Trinajstić information content (AvgIpc) is 3.00. The number of halogens is 1. The lowest BCUT2D eigenvalue weighted by Crippen LogP contribution is -2.33. The maximum atomic E-state index is 13.0. The monoisotopic (exact) mass is 337 g/mol. The van der Waals surface area contributed by atoms with Gasteiger partial charge in [-0.2, -0.15) is 0 Å². The molecule has 0 saturated carbocycles. The maximum absolute atomic E-state index is 13.0. The maximum Gasteiger partial charge on any atom is 0.268 e. The quantitative estimate of drug-likeness (QED) is 0.670. The number of amides is 2. The second-order valence-electron chi connectivity index (χ2n) is 6.25. The first-order chi connectivity index (χ1) is 12.0. The predicted molar refractivity (Wildman–Crippen MR) is 93.4 cm³/mol. The summed E-state index contributed by atoms with van der Waals surface area (Å²) >= 11 is 0. The number of aromatic nitrogens is 1. The van der Waals surface area contributed by atoms with Crippen LogP contribution < -0.4 is 10.6 Å². The number of aromatic amines is 1. The topological polar surface area (TPSA) is 74.0 Å². The van der Waals surface area contributed by atoms with Crippen LogP contribution in [0.1, 0.15) is 39.3 Å². The van der Waals surface area contributed by atoms with Crippen LogP contribution in [0.15, 0.2) is 42.5 Å². The normalized spacial score (nSPS) is 16.4. The fraction of sp³-hybridized carbons (Fsp3) is 0.158. The van der Waals surface area contributed by atoms with Crippen LogP contribution in [0.2, 0.25) is 0 Å². The molecule has 4 rings (SSSR count). The highest BCUT2D eigenvalue weighted by Crippen LogP contribution is 2.32. The van der Waals surface area contributed by atoms with Crippen LogP contribution in [0.3, 0.4) is 0 Å². The third-order valence-corrected chi connectivity index (χ3v) is 4.49. The molecule has 3 N–H and O–H groups in total. The second-order valence-corrected chi connectivity index (χ2v) is 6.25. The van der Waals surface area contributed by atoms with Crippen LogP contribution in [0.25, 0.3) is 10.9 Å². The zero-order valence-electron chi connectivity index (χ0n) is 13.5. The number of anilines is 1. The number of hydrogen-bond donors (Lipinski definition) is 3. The molecule has 6 heteroatoms. The zero-order valence-corrected chi connectivity index (χ0v) is 13.5. The van der Waals surface area contributed by atoms with Crippen LogP contribution in [-0.2, 0) is 0 Å². The van der Waals surface area contributed by atoms with E-state index in [9.17, 15) is 14.0 Å². The molecule has 0 saturated heterocycles. The van der Waals surface area contributed by atoms with Crippen molar-refractivity contribution in [2.45, 2.75) is 12.8 Å². The van der Waals surface area contributed by atoms with Crippen molar-refractivity contribution in [1.29, 1.82) is 0 Å². The van der Waals surface area contributed by atoms with Crippen LogP contribution >= 0.6 is 0 Å². The molecule has 0 spiro atoms. The Hall–Kier alpha value is -3.15. The van der Waals surface area contributed by atoms with E-state index in [4.69, 9.17) is 0 Å². The van der Waals surface area contributed by atoms with Gasteiger partial charge >= 0.3 is 0 Å². The molecule has 126 valence electrons. The number of benzene rings is 2. The minimum absolute atomic E-state index is 0.124. The van der Waals surface area contributed by atoms with Crippen molar-refractivity contribution in [1.82, 2.24) is 10.3 Å². The Morgan fingerprint density at radius 3 is 2.72 bits per heavy atom. The van der Waals surface area contributed by atoms with E-state index in [1.165, 1.54) is 24.3 Å². The van der Waals surface area contributed by atoms with E-state index in [-0.39, 0.29) is 23.5 Å². The van der Waals surface area contributed by atoms with Crippen molar-refractivity contribution in [3.05, 3.63) is 65.1 Å². The molecule has 5 nitrogen and oxygen atoms in total. The first-order valence-corrected chi connectivity index (χ1v) is 8.03. The van der Waals surface area contributed by atoms with E-state index >= 15 is 0 Å². The fourth-order valence-corrected chi connectivity index (χ4v) is 3.22. The first kappa shape index (κ1) is 15.4. The summed E-state index contributed by atoms with van der Waals surface area (Å²) in [5.74, 6) is -0.597. The van der Waals surface area contributed by atoms with Crippen molar-refractivity contribution < 1.29 is 14.0 Å². The van der Waals surface area contributed by atoms with Gasteiger partial charge in [-0.15, -0.1) is 0 Å². The Bertz CT molecular complexity index is 992. The third kappa shape index (κ3) is 2.65. The van der Waals surface area contributed by atoms with Gasteiger partial charge in [0.05, 0.1) is 0 Å². The van der Waals surface area contributed by atoms with E-state index in [0.29, 0.717) is 23.5 Å². The summed E-state index contributed by atoms with van der Waals surface area (Å²) < 4.78 is 13.0. The lowest BCUT2D eigenvalue weighted by Gasteiger charge is -2.19. The number of carbonyl (C=O) groups excluding carboxylic acids is 2. The van der Waals surface area contributed by atoms with Gasteiger partial charge < -0.3 is 15.6 Å². The molecule has 1 aromatic heterocycles. The van der Waals surface area contributed by atoms with E-state index in [2.05, 4.69) is 15.6 Å². The van der Waals surface area contributed by atoms with E-state index in [0.717, 1.165) is 16.5 Å². The molecule has 3 aromatic rings. The van der Waals surface area contributed by atoms with E-state index in [1.54, 1.807) is 18.2 Å². The van der Waals surface area contributed by atoms with E-state index in [1.807, 2.05) is 6.92 Å². The summed E-state index contributed by atoms with van der Waals surface area (Å²) in [6.07, 6.45) is 0. The smallest absolute Gasteiger partial charge is 0.268 e. The lowest BCUT2D eigenvalue weighted by atomic mass is 9.93. The summed E-state index contributed by atoms with van der Waals surface area (Å²) in [6, 6.07) is 10.9. The van der Waals surface area contributed by atoms with Crippen molar-refractivity contribution in [2.75, 3.05) is 11.9 Å². The summed E-state index contributed by atoms with van der Waals surface area (Å²) in [6.45, 7) is 2.61. The number of H-pyrrole nitrogens is 1. The van der Waals surface area contributed by atoms with Crippen molar-refractivity contribution in [3.8, 4) is 0 Å². The Labute approximate surface area is 143 Å². The molecular formula is C19H16FN3O2. The Balaban J connectivity index is 1.71. The minimum Gasteiger partial charge on any atom is -0.350 e. The van der Waals surface area contributed by atoms with Gasteiger partial charge in [0.2, 0.25) is 0 Å². The molecule has 0 bridgehead atoms. The number of carbonyl (C=O) groups is 2. The summed E-state index contributed by atoms with van der Waals surface area (Å²) in [5.41, 5.74) is 3.33. The molecule has 2 amide bonds. The number of nitrogens with one attached hydrogen (secondary N) is 3. The first-order valence-electron chi connectivity index (χ1n) is 8.03. The lowest BCUT2D eigenvalue weighted by molar-refractivity contribution is 0.0936. The highest BCUT2D eigenvalue weighted by atomic mass is 19.1. The molecule has 1 aliphatic rings. The summed E-state index contributed by atoms with van der Waals surface area (Å²) in [7, 11) is 0. The van der Waals surface area contributed by atoms with Crippen LogP contribution in [0.5, 0.6) is 0 Å². The van der Waals surface area contributed by atoms with Crippen molar-refractivity contribution in [3.63, 3.8) is 0 Å². The van der Waals surface area contributed by atoms with Crippen molar-refractivity contribution >= 4 is 28.4 Å². The fourth-order valence-electron chi connectivity index (χ4n) is 3.22. The molecular weight excluding hydrogens is 321 g/mol. The second kappa shape index (κ2) is 5.73. The molecule has 0 radical (unpaired) electrons. The standard InChI is InChI=1S/C19H16FN3O2/c1-10-9-21-19(25)17-16(10)14-8-11(2-7-15(14)23-17)18(24)22-13-5-3-12(20)4-6-13/h2-8,10,23H,9H2,1H3,(H,21,25)(H,22,24). The number of fused-ring (bicyclic) bond motifs is 3. The third-order valence-electron chi connectivity index (χ3n) is 4.49. The molecule has 25 heavy (non-hydrogen) atoms. The molecule has 2 heterocycles. The highest BCUT2D eigenvalue weighted by molar-refractivity contribution is 6.08. The Morgan fingerprint density at radius 1 is 1.20 bits per heavy atom. The Kier molecular flexibility index (Phi) is 3.53. The van der Waals surface area contributed by atoms with Crippen molar-refractivity contribution in [2.24, 2.45) is 0 Å². The minimum atomic E-state index is -0.356. The number of rotatable bonds is 2. The predicted octanol–water partition coefficient (Wildman–Crippen LogP) is 3.41. The molecule has 0 fully saturated rings. The SMILES string of the molecule is CC1CNC(=O)c2[nH]c3ccc(C(=O)Nc4ccc(F)cc4)cc3c21. The summed E-state index contributed by atoms with van der Waals surface area (Å²) in [5, 5.41) is 6.47. The molecule has 1 aliphatic heterocycles. The zero-order chi connectivity index (χ0) is 17.6. The molecule has 1 atom stereocenters. The van der Waals surface area contributed by atoms with Gasteiger partial charge in [0.25, 0.3) is 11.8 Å². The van der Waals surface area contributed by atoms with Gasteiger partial charge in [-0.05, 0) is 48.0 Å². The highest BCUT2D eigenvalue weighted by Gasteiger charge is 2.27. The van der Waals surface area contributed by atoms with Gasteiger partial charge in [0.15, 0.2) is 0 Å².